The van der Waals surface area contributed by atoms with Crippen LogP contribution in [0.2, 0.25) is 0 Å². The van der Waals surface area contributed by atoms with Gasteiger partial charge in [-0.2, -0.15) is 0 Å². The Balaban J connectivity index is 2.72. The molecule has 3 atom stereocenters. The van der Waals surface area contributed by atoms with Crippen LogP contribution in [0.25, 0.3) is 0 Å². The smallest absolute Gasteiger partial charge is 0.325 e. The van der Waals surface area contributed by atoms with Crippen LogP contribution >= 0.6 is 11.6 Å². The minimum atomic E-state index is -0.690. The molecule has 0 amide bonds. The van der Waals surface area contributed by atoms with Gasteiger partial charge >= 0.3 is 5.97 Å². The van der Waals surface area contributed by atoms with Crippen molar-refractivity contribution in [3.05, 3.63) is 12.7 Å². The summed E-state index contributed by atoms with van der Waals surface area (Å²) in [6.45, 7) is 3.30. The summed E-state index contributed by atoms with van der Waals surface area (Å²) in [6, 6.07) is 0. The van der Waals surface area contributed by atoms with Gasteiger partial charge in [-0.25, -0.2) is 0 Å². The van der Waals surface area contributed by atoms with Gasteiger partial charge in [0.25, 0.3) is 0 Å². The molecular formula is C7H9ClO3. The molecule has 1 fully saturated rings. The molecule has 0 saturated carbocycles. The first-order chi connectivity index (χ1) is 5.20. The highest BCUT2D eigenvalue weighted by Gasteiger charge is 2.41. The summed E-state index contributed by atoms with van der Waals surface area (Å²) in [5, 5.41) is 8.03. The average molecular weight is 177 g/mol. The zero-order valence-corrected chi connectivity index (χ0v) is 6.62. The molecule has 11 heavy (non-hydrogen) atoms. The van der Waals surface area contributed by atoms with Crippen molar-refractivity contribution in [2.75, 3.05) is 6.61 Å². The third-order valence-electron chi connectivity index (χ3n) is 1.71. The van der Waals surface area contributed by atoms with Crippen LogP contribution in [0.5, 0.6) is 0 Å². The summed E-state index contributed by atoms with van der Waals surface area (Å²) >= 11 is 5.65. The van der Waals surface area contributed by atoms with E-state index in [4.69, 9.17) is 21.4 Å². The van der Waals surface area contributed by atoms with Crippen LogP contribution in [0, 0.1) is 5.92 Å². The maximum absolute atomic E-state index is 10.8. The highest BCUT2D eigenvalue weighted by molar-refractivity contribution is 6.30. The highest BCUT2D eigenvalue weighted by atomic mass is 35.5. The van der Waals surface area contributed by atoms with Gasteiger partial charge in [-0.3, -0.25) is 4.79 Å². The second-order valence-corrected chi connectivity index (χ2v) is 2.84. The van der Waals surface area contributed by atoms with E-state index in [1.807, 2.05) is 0 Å². The van der Waals surface area contributed by atoms with E-state index in [1.165, 1.54) is 6.08 Å². The number of cyclic esters (lactones) is 1. The molecule has 1 saturated heterocycles. The second-order valence-electron chi connectivity index (χ2n) is 2.37. The number of hydrogen-bond acceptors (Lipinski definition) is 3. The van der Waals surface area contributed by atoms with E-state index in [9.17, 15) is 4.79 Å². The SMILES string of the molecule is C=CC1C(CO)OC(=O)C1Cl. The minimum Gasteiger partial charge on any atom is -0.458 e. The predicted molar refractivity (Wildman–Crippen MR) is 40.3 cm³/mol. The summed E-state index contributed by atoms with van der Waals surface area (Å²) < 4.78 is 4.73. The fourth-order valence-corrected chi connectivity index (χ4v) is 1.39. The Labute approximate surface area is 69.6 Å². The van der Waals surface area contributed by atoms with Gasteiger partial charge in [-0.15, -0.1) is 18.2 Å². The van der Waals surface area contributed by atoms with Crippen LogP contribution in [-0.4, -0.2) is 29.2 Å². The zero-order chi connectivity index (χ0) is 8.43. The summed E-state index contributed by atoms with van der Waals surface area (Å²) in [7, 11) is 0. The van der Waals surface area contributed by atoms with Gasteiger partial charge in [0.15, 0.2) is 0 Å². The number of halogens is 1. The molecule has 0 aliphatic carbocycles. The van der Waals surface area contributed by atoms with Crippen molar-refractivity contribution in [1.82, 2.24) is 0 Å². The van der Waals surface area contributed by atoms with Gasteiger partial charge in [-0.1, -0.05) is 6.08 Å². The summed E-state index contributed by atoms with van der Waals surface area (Å²) in [5.41, 5.74) is 0. The maximum atomic E-state index is 10.8. The minimum absolute atomic E-state index is 0.203. The first kappa shape index (κ1) is 8.56. The fraction of sp³-hybridized carbons (Fsp3) is 0.571. The molecule has 0 aromatic rings. The summed E-state index contributed by atoms with van der Waals surface area (Å²) in [6.07, 6.45) is 1.02. The van der Waals surface area contributed by atoms with E-state index in [1.54, 1.807) is 0 Å². The first-order valence-corrected chi connectivity index (χ1v) is 3.72. The molecule has 4 heteroatoms. The molecule has 1 heterocycles. The van der Waals surface area contributed by atoms with Crippen molar-refractivity contribution < 1.29 is 14.6 Å². The molecule has 1 N–H and O–H groups in total. The van der Waals surface area contributed by atoms with Crippen LogP contribution < -0.4 is 0 Å². The lowest BCUT2D eigenvalue weighted by Crippen LogP contribution is -2.22. The largest absolute Gasteiger partial charge is 0.458 e. The Hall–Kier alpha value is -0.540. The van der Waals surface area contributed by atoms with Crippen molar-refractivity contribution in [2.24, 2.45) is 5.92 Å². The number of rotatable bonds is 2. The van der Waals surface area contributed by atoms with E-state index in [0.29, 0.717) is 0 Å². The zero-order valence-electron chi connectivity index (χ0n) is 5.87. The maximum Gasteiger partial charge on any atom is 0.325 e. The van der Waals surface area contributed by atoms with Crippen LogP contribution in [0.15, 0.2) is 12.7 Å². The van der Waals surface area contributed by atoms with Gasteiger partial charge in [0.2, 0.25) is 0 Å². The quantitative estimate of drug-likeness (QED) is 0.374. The Morgan fingerprint density at radius 1 is 1.82 bits per heavy atom. The summed E-state index contributed by atoms with van der Waals surface area (Å²) in [4.78, 5) is 10.8. The fourth-order valence-electron chi connectivity index (χ4n) is 1.07. The van der Waals surface area contributed by atoms with Crippen molar-refractivity contribution in [3.8, 4) is 0 Å². The molecule has 3 nitrogen and oxygen atoms in total. The number of hydrogen-bond donors (Lipinski definition) is 1. The number of ether oxygens (including phenoxy) is 1. The molecule has 0 aromatic carbocycles. The number of aliphatic hydroxyl groups excluding tert-OH is 1. The highest BCUT2D eigenvalue weighted by Crippen LogP contribution is 2.27. The lowest BCUT2D eigenvalue weighted by molar-refractivity contribution is -0.142. The Morgan fingerprint density at radius 2 is 2.45 bits per heavy atom. The van der Waals surface area contributed by atoms with Gasteiger partial charge in [-0.05, 0) is 0 Å². The normalized spacial score (nSPS) is 36.9. The lowest BCUT2D eigenvalue weighted by Gasteiger charge is -2.10. The molecule has 0 spiro atoms. The van der Waals surface area contributed by atoms with Crippen LogP contribution in [0.1, 0.15) is 0 Å². The van der Waals surface area contributed by atoms with E-state index < -0.39 is 17.5 Å². The van der Waals surface area contributed by atoms with Crippen LogP contribution in [0.3, 0.4) is 0 Å². The van der Waals surface area contributed by atoms with Gasteiger partial charge < -0.3 is 9.84 Å². The lowest BCUT2D eigenvalue weighted by atomic mass is 10.0. The second kappa shape index (κ2) is 3.24. The Morgan fingerprint density at radius 3 is 2.82 bits per heavy atom. The molecule has 0 bridgehead atoms. The molecule has 1 rings (SSSR count). The number of aliphatic hydroxyl groups is 1. The van der Waals surface area contributed by atoms with Crippen molar-refractivity contribution >= 4 is 17.6 Å². The van der Waals surface area contributed by atoms with E-state index >= 15 is 0 Å². The summed E-state index contributed by atoms with van der Waals surface area (Å²) in [5.74, 6) is -0.746. The molecule has 0 aromatic heterocycles. The Kier molecular flexibility index (Phi) is 2.52. The number of esters is 1. The molecule has 0 radical (unpaired) electrons. The average Bonchev–Trinajstić information content (AvgIpc) is 2.28. The Bertz CT molecular complexity index is 181. The van der Waals surface area contributed by atoms with E-state index in [0.717, 1.165) is 0 Å². The van der Waals surface area contributed by atoms with Crippen LogP contribution in [-0.2, 0) is 9.53 Å². The van der Waals surface area contributed by atoms with Gasteiger partial charge in [0.05, 0.1) is 6.61 Å². The number of alkyl halides is 1. The molecule has 1 aliphatic rings. The third-order valence-corrected chi connectivity index (χ3v) is 2.18. The standard InChI is InChI=1S/C7H9ClO3/c1-2-4-5(3-9)11-7(10)6(4)8/h2,4-6,9H,1,3H2. The van der Waals surface area contributed by atoms with Crippen LogP contribution in [0.4, 0.5) is 0 Å². The molecule has 1 aliphatic heterocycles. The molecule has 62 valence electrons. The molecule has 3 unspecified atom stereocenters. The first-order valence-electron chi connectivity index (χ1n) is 3.28. The number of carbonyl (C=O) groups is 1. The topological polar surface area (TPSA) is 46.5 Å². The number of carbonyl (C=O) groups excluding carboxylic acids is 1. The van der Waals surface area contributed by atoms with Crippen molar-refractivity contribution in [1.29, 1.82) is 0 Å². The third kappa shape index (κ3) is 1.39. The van der Waals surface area contributed by atoms with E-state index in [2.05, 4.69) is 6.58 Å². The van der Waals surface area contributed by atoms with E-state index in [-0.39, 0.29) is 12.5 Å². The van der Waals surface area contributed by atoms with Gasteiger partial charge in [0.1, 0.15) is 11.5 Å². The van der Waals surface area contributed by atoms with Crippen molar-refractivity contribution in [3.63, 3.8) is 0 Å². The predicted octanol–water partition coefficient (Wildman–Crippen LogP) is 0.314. The van der Waals surface area contributed by atoms with Crippen molar-refractivity contribution in [2.45, 2.75) is 11.5 Å². The molecular weight excluding hydrogens is 168 g/mol. The van der Waals surface area contributed by atoms with Gasteiger partial charge in [0, 0.05) is 5.92 Å². The monoisotopic (exact) mass is 176 g/mol.